The second kappa shape index (κ2) is 51.4. The number of fused-ring (bicyclic) bond motifs is 1. The summed E-state index contributed by atoms with van der Waals surface area (Å²) in [5, 5.41) is 43.6. The van der Waals surface area contributed by atoms with Crippen LogP contribution >= 0.6 is 13.5 Å². The van der Waals surface area contributed by atoms with Gasteiger partial charge in [0.2, 0.25) is 15.9 Å². The van der Waals surface area contributed by atoms with E-state index in [1.54, 1.807) is 68.4 Å². The number of carbonyl (C=O) groups excluding carboxylic acids is 7. The first-order valence-electron chi connectivity index (χ1n) is 35.6. The number of ketones is 5. The summed E-state index contributed by atoms with van der Waals surface area (Å²) in [6.07, 6.45) is 6.84. The second-order valence-corrected chi connectivity index (χ2v) is 28.7. The molecule has 2 aliphatic heterocycles. The third kappa shape index (κ3) is 39.2. The minimum absolute atomic E-state index is 0. The lowest BCUT2D eigenvalue weighted by atomic mass is 9.95. The molecule has 0 spiro atoms. The summed E-state index contributed by atoms with van der Waals surface area (Å²) < 4.78 is 35.2. The van der Waals surface area contributed by atoms with Crippen LogP contribution in [-0.2, 0) is 106 Å². The van der Waals surface area contributed by atoms with Crippen molar-refractivity contribution in [3.05, 3.63) is 87.7 Å². The van der Waals surface area contributed by atoms with Gasteiger partial charge in [-0.05, 0) is 145 Å². The number of carbonyl (C=O) groups is 11. The molecule has 3 aliphatic rings. The van der Waals surface area contributed by atoms with Crippen molar-refractivity contribution in [1.82, 2.24) is 59.5 Å². The topological polar surface area (TPSA) is 387 Å². The summed E-state index contributed by atoms with van der Waals surface area (Å²) in [6, 6.07) is 12.5. The Morgan fingerprint density at radius 3 is 1.33 bits per heavy atom. The molecule has 598 valence electrons. The number of aromatic nitrogens is 1. The zero-order chi connectivity index (χ0) is 77.6. The molecule has 107 heavy (non-hydrogen) atoms. The van der Waals surface area contributed by atoms with Crippen molar-refractivity contribution in [2.24, 2.45) is 0 Å². The number of aliphatic carboxylic acids is 4. The number of nitrogens with zero attached hydrogens (tertiary/aromatic N) is 9. The van der Waals surface area contributed by atoms with Gasteiger partial charge in [-0.2, -0.15) is 18.2 Å². The molecular formula is C73H114N12O18S4. The van der Waals surface area contributed by atoms with E-state index in [0.717, 1.165) is 43.4 Å². The average molecular weight is 1580 g/mol. The van der Waals surface area contributed by atoms with E-state index in [-0.39, 0.29) is 163 Å². The highest BCUT2D eigenvalue weighted by molar-refractivity contribution is 8.07. The van der Waals surface area contributed by atoms with Gasteiger partial charge in [0, 0.05) is 170 Å². The fourth-order valence-corrected chi connectivity index (χ4v) is 14.3. The smallest absolute Gasteiger partial charge is 0.323 e. The number of carboxylic acids is 4. The largest absolute Gasteiger partial charge is 0.494 e. The van der Waals surface area contributed by atoms with Crippen LogP contribution in [0.15, 0.2) is 53.4 Å². The number of ether oxygens (including phenoxy) is 1. The Morgan fingerprint density at radius 2 is 0.925 bits per heavy atom. The first-order chi connectivity index (χ1) is 49.9. The monoisotopic (exact) mass is 1570 g/mol. The molecule has 0 radical (unpaired) electrons. The van der Waals surface area contributed by atoms with E-state index in [4.69, 9.17) is 9.72 Å². The van der Waals surface area contributed by atoms with E-state index < -0.39 is 52.4 Å². The number of nitrogens with one attached hydrogen (secondary N) is 3. The number of pyridine rings is 1. The van der Waals surface area contributed by atoms with Crippen LogP contribution in [-0.4, -0.2) is 320 Å². The number of hydrogen-bond acceptors (Lipinski definition) is 25. The summed E-state index contributed by atoms with van der Waals surface area (Å²) in [7, 11) is -4.39. The molecule has 2 amide bonds. The van der Waals surface area contributed by atoms with Crippen LogP contribution < -0.4 is 20.1 Å². The van der Waals surface area contributed by atoms with E-state index in [9.17, 15) is 81.6 Å². The molecule has 30 nitrogen and oxygen atoms in total. The Kier molecular flexibility index (Phi) is 46.1. The summed E-state index contributed by atoms with van der Waals surface area (Å²) >= 11 is 7.33. The molecule has 6 rings (SSSR count). The molecule has 1 aliphatic carbocycles. The molecule has 34 heteroatoms. The summed E-state index contributed by atoms with van der Waals surface area (Å²) in [5.74, 6) is -4.78. The fourth-order valence-electron chi connectivity index (χ4n) is 12.6. The highest BCUT2D eigenvalue weighted by atomic mass is 32.8. The molecule has 1 unspecified atom stereocenters. The van der Waals surface area contributed by atoms with E-state index >= 15 is 0 Å². The number of amides is 2. The van der Waals surface area contributed by atoms with Crippen LogP contribution in [0.3, 0.4) is 0 Å². The zero-order valence-corrected chi connectivity index (χ0v) is 65.6. The van der Waals surface area contributed by atoms with Crippen molar-refractivity contribution in [3.63, 3.8) is 0 Å². The van der Waals surface area contributed by atoms with Crippen molar-refractivity contribution in [1.29, 1.82) is 0 Å². The molecule has 1 aromatic heterocycles. The van der Waals surface area contributed by atoms with Crippen LogP contribution in [0.2, 0.25) is 0 Å². The summed E-state index contributed by atoms with van der Waals surface area (Å²) in [6.45, 7) is 17.7. The molecule has 3 heterocycles. The second-order valence-electron chi connectivity index (χ2n) is 27.1. The van der Waals surface area contributed by atoms with Gasteiger partial charge in [0.25, 0.3) is 5.91 Å². The average Bonchev–Trinajstić information content (AvgIpc) is 0.791. The zero-order valence-electron chi connectivity index (χ0n) is 62.1. The van der Waals surface area contributed by atoms with Gasteiger partial charge in [0.1, 0.15) is 40.7 Å². The summed E-state index contributed by atoms with van der Waals surface area (Å²) in [5.41, 5.74) is 5.40. The van der Waals surface area contributed by atoms with E-state index in [0.29, 0.717) is 116 Å². The fraction of sp³-hybridized carbons (Fsp3) is 0.616. The quantitative estimate of drug-likeness (QED) is 0.0414. The SMILES string of the molecule is C.CC(=O)CN1CCN(CC(C)=O)CCN(CC(C)=O)CCN(CC(C)=O)CC1.Cc1cc(OCCCC(=O)NCCCC(=O)CN2CCN(CC(=O)O)CCN(CC(=O)O)CCN(CC(=O)O)CC2)cc(C)c1S(=O)(=O)NC(CNC(=O)c1ccc(CCc2ccc3c(n2)CCCC3)cc1)C(=O)O.S.S=S. The van der Waals surface area contributed by atoms with Crippen molar-refractivity contribution >= 4 is 111 Å². The first-order valence-corrected chi connectivity index (χ1v) is 38.4. The van der Waals surface area contributed by atoms with Crippen molar-refractivity contribution in [3.8, 4) is 5.75 Å². The maximum absolute atomic E-state index is 13.6. The van der Waals surface area contributed by atoms with Crippen LogP contribution in [0, 0.1) is 13.8 Å². The van der Waals surface area contributed by atoms with Crippen molar-refractivity contribution < 1.29 is 86.3 Å². The molecule has 7 N–H and O–H groups in total. The minimum atomic E-state index is -4.39. The molecule has 0 saturated carbocycles. The maximum Gasteiger partial charge on any atom is 0.323 e. The van der Waals surface area contributed by atoms with Gasteiger partial charge in [-0.25, -0.2) is 8.42 Å². The standard InChI is InChI=1S/C52H72N8O14S.C20H36N4O4.CH4.S2.H2S/c1-36-29-43(30-37(2)50(36)75(72,73)56-45(52(70)71)31-54-51(69)40-14-11-38(12-15-40)13-17-41-18-16-39-7-3-4-9-44(39)55-41)74-28-6-10-46(62)53-19-5-8-42(61)32-57-20-22-58(33-47(63)64)24-26-60(35-49(67)68)27-25-59(23-21-57)34-48(65)66;1-17(25)13-21-5-7-22(14-18(2)26)9-11-24(16-20(4)28)12-10-23(8-6-21)15-19(3)27;;1-2;/h11-12,14-16,18,29-30,45,56H,3-10,13,17,19-28,31-35H2,1-2H3,(H,53,62)(H,54,69)(H,63,64)(H,65,66)(H,67,68)(H,70,71);5-16H2,1-4H3;1H4;;1H2. The van der Waals surface area contributed by atoms with Gasteiger partial charge >= 0.3 is 23.9 Å². The number of aryl methyl sites for hydroxylation is 6. The highest BCUT2D eigenvalue weighted by Gasteiger charge is 2.30. The van der Waals surface area contributed by atoms with Gasteiger partial charge in [-0.1, -0.05) is 25.6 Å². The maximum atomic E-state index is 13.6. The first kappa shape index (κ1) is 96.0. The van der Waals surface area contributed by atoms with E-state index in [1.165, 1.54) is 29.8 Å². The number of Topliss-reactive ketones (excluding diaryl/α,β-unsaturated/α-hetero) is 5. The third-order valence-corrected chi connectivity index (χ3v) is 19.6. The van der Waals surface area contributed by atoms with E-state index in [1.807, 2.05) is 17.0 Å². The number of benzene rings is 2. The number of carboxylic acid groups (broad SMARTS) is 4. The Hall–Kier alpha value is -7.06. The number of rotatable bonds is 35. The van der Waals surface area contributed by atoms with Crippen molar-refractivity contribution in [2.75, 3.05) is 177 Å². The number of sulfonamides is 1. The van der Waals surface area contributed by atoms with Crippen LogP contribution in [0.5, 0.6) is 5.75 Å². The highest BCUT2D eigenvalue weighted by Crippen LogP contribution is 2.27. The third-order valence-electron chi connectivity index (χ3n) is 17.8. The molecule has 2 aromatic carbocycles. The predicted molar refractivity (Wildman–Crippen MR) is 416 cm³/mol. The Balaban J connectivity index is 0.00000102. The van der Waals surface area contributed by atoms with Crippen LogP contribution in [0.1, 0.15) is 118 Å². The Labute approximate surface area is 647 Å². The molecule has 2 saturated heterocycles. The molecular weight excluding hydrogens is 1460 g/mol. The van der Waals surface area contributed by atoms with Gasteiger partial charge in [0.05, 0.1) is 63.9 Å². The van der Waals surface area contributed by atoms with Crippen molar-refractivity contribution in [2.45, 2.75) is 124 Å². The molecule has 3 aromatic rings. The normalized spacial score (nSPS) is 16.3. The lowest BCUT2D eigenvalue weighted by Gasteiger charge is -2.33. The summed E-state index contributed by atoms with van der Waals surface area (Å²) in [4.78, 5) is 152. The van der Waals surface area contributed by atoms with Gasteiger partial charge < -0.3 is 35.8 Å². The molecule has 0 bridgehead atoms. The van der Waals surface area contributed by atoms with Gasteiger partial charge in [-0.3, -0.25) is 96.9 Å². The lowest BCUT2D eigenvalue weighted by Crippen LogP contribution is -2.49. The number of hydrogen-bond donors (Lipinski definition) is 7. The minimum Gasteiger partial charge on any atom is -0.494 e. The predicted octanol–water partition coefficient (Wildman–Crippen LogP) is 1.93. The Morgan fingerprint density at radius 1 is 0.523 bits per heavy atom. The van der Waals surface area contributed by atoms with Gasteiger partial charge in [-0.15, -0.1) is 0 Å². The lowest BCUT2D eigenvalue weighted by molar-refractivity contribution is -0.140. The molecule has 2 fully saturated rings. The van der Waals surface area contributed by atoms with Gasteiger partial charge in [0.15, 0.2) is 0 Å². The Bertz CT molecular complexity index is 3340. The molecule has 1 atom stereocenters. The van der Waals surface area contributed by atoms with E-state index in [2.05, 4.69) is 69.5 Å². The van der Waals surface area contributed by atoms with Crippen LogP contribution in [0.4, 0.5) is 0 Å². The van der Waals surface area contributed by atoms with Crippen LogP contribution in [0.25, 0.3) is 0 Å².